The molecule has 0 spiro atoms. The third-order valence-corrected chi connectivity index (χ3v) is 6.35. The molecule has 0 saturated heterocycles. The van der Waals surface area contributed by atoms with Crippen LogP contribution in [0, 0.1) is 5.92 Å². The average molecular weight is 534 g/mol. The molecule has 2 aromatic rings. The first-order valence-electron chi connectivity index (χ1n) is 12.2. The van der Waals surface area contributed by atoms with Crippen molar-refractivity contribution in [2.45, 2.75) is 70.3 Å². The number of aliphatic hydroxyl groups is 1. The van der Waals surface area contributed by atoms with E-state index in [4.69, 9.17) is 5.73 Å². The maximum atomic E-state index is 13.2. The predicted molar refractivity (Wildman–Crippen MR) is 137 cm³/mol. The smallest absolute Gasteiger partial charge is 0.328 e. The van der Waals surface area contributed by atoms with E-state index >= 15 is 0 Å². The molecule has 1 aromatic carbocycles. The van der Waals surface area contributed by atoms with Crippen LogP contribution in [-0.2, 0) is 30.4 Å². The summed E-state index contributed by atoms with van der Waals surface area (Å²) in [6.07, 6.45) is -0.124. The molecule has 0 saturated carbocycles. The Bertz CT molecular complexity index is 1160. The highest BCUT2D eigenvalue weighted by Crippen LogP contribution is 2.19. The van der Waals surface area contributed by atoms with Gasteiger partial charge in [-0.3, -0.25) is 19.2 Å². The van der Waals surface area contributed by atoms with E-state index in [1.165, 1.54) is 6.92 Å². The Labute approximate surface area is 219 Å². The number of nitrogens with two attached hydrogens (primary N) is 1. The highest BCUT2D eigenvalue weighted by atomic mass is 16.4. The topological polar surface area (TPSA) is 224 Å². The number of carbonyl (C=O) groups is 5. The van der Waals surface area contributed by atoms with Crippen LogP contribution in [0.5, 0.6) is 0 Å². The second-order valence-electron chi connectivity index (χ2n) is 9.26. The number of aliphatic hydroxyl groups excluding tert-OH is 1. The Morgan fingerprint density at radius 3 is 2.13 bits per heavy atom. The summed E-state index contributed by atoms with van der Waals surface area (Å²) in [5, 5.41) is 36.2. The van der Waals surface area contributed by atoms with Crippen molar-refractivity contribution in [1.82, 2.24) is 20.9 Å². The second kappa shape index (κ2) is 13.5. The minimum atomic E-state index is -1.66. The number of para-hydroxylation sites is 1. The predicted octanol–water partition coefficient (Wildman–Crippen LogP) is -0.522. The number of carbonyl (C=O) groups excluding carboxylic acids is 3. The standard InChI is InChI=1S/C25H35N5O8/c1-4-12(2)20(26)24(36)29-18(10-19(32)33)22(34)28-17(23(35)30-21(13(3)31)25(37)38)9-14-11-27-16-8-6-5-7-15(14)16/h5-8,11-13,17-18,20-21,27,31H,4,9-10,26H2,1-3H3,(H,28,34)(H,29,36)(H,30,35)(H,32,33)(H,37,38). The van der Waals surface area contributed by atoms with Crippen LogP contribution >= 0.6 is 0 Å². The zero-order chi connectivity index (χ0) is 28.6. The van der Waals surface area contributed by atoms with Gasteiger partial charge in [0, 0.05) is 23.5 Å². The number of H-pyrrole nitrogens is 1. The van der Waals surface area contributed by atoms with Crippen LogP contribution in [-0.4, -0.2) is 80.2 Å². The van der Waals surface area contributed by atoms with Gasteiger partial charge in [0.15, 0.2) is 6.04 Å². The summed E-state index contributed by atoms with van der Waals surface area (Å²) >= 11 is 0. The van der Waals surface area contributed by atoms with Gasteiger partial charge in [-0.1, -0.05) is 38.5 Å². The molecule has 0 aliphatic rings. The Balaban J connectivity index is 2.34. The molecule has 2 rings (SSSR count). The van der Waals surface area contributed by atoms with Gasteiger partial charge in [0.25, 0.3) is 0 Å². The summed E-state index contributed by atoms with van der Waals surface area (Å²) in [4.78, 5) is 64.8. The summed E-state index contributed by atoms with van der Waals surface area (Å²) in [7, 11) is 0. The van der Waals surface area contributed by atoms with E-state index in [2.05, 4.69) is 20.9 Å². The molecule has 1 aromatic heterocycles. The third kappa shape index (κ3) is 8.02. The lowest BCUT2D eigenvalue weighted by molar-refractivity contribution is -0.145. The van der Waals surface area contributed by atoms with Crippen molar-refractivity contribution >= 4 is 40.6 Å². The fourth-order valence-corrected chi connectivity index (χ4v) is 3.81. The lowest BCUT2D eigenvalue weighted by Crippen LogP contribution is -2.59. The summed E-state index contributed by atoms with van der Waals surface area (Å²) in [5.41, 5.74) is 7.29. The summed E-state index contributed by atoms with van der Waals surface area (Å²) in [6.45, 7) is 4.75. The number of hydrogen-bond acceptors (Lipinski definition) is 7. The van der Waals surface area contributed by atoms with Crippen LogP contribution in [0.15, 0.2) is 30.5 Å². The second-order valence-corrected chi connectivity index (χ2v) is 9.26. The van der Waals surface area contributed by atoms with E-state index in [1.807, 2.05) is 6.92 Å². The Hall–Kier alpha value is -3.97. The third-order valence-electron chi connectivity index (χ3n) is 6.35. The quantitative estimate of drug-likeness (QED) is 0.156. The molecule has 6 unspecified atom stereocenters. The molecule has 0 fully saturated rings. The lowest BCUT2D eigenvalue weighted by Gasteiger charge is -2.26. The van der Waals surface area contributed by atoms with Crippen LogP contribution in [0.4, 0.5) is 0 Å². The van der Waals surface area contributed by atoms with Crippen molar-refractivity contribution in [2.75, 3.05) is 0 Å². The van der Waals surface area contributed by atoms with Gasteiger partial charge in [0.2, 0.25) is 17.7 Å². The Morgan fingerprint density at radius 2 is 1.55 bits per heavy atom. The van der Waals surface area contributed by atoms with E-state index < -0.39 is 66.4 Å². The Kier molecular flexibility index (Phi) is 10.8. The van der Waals surface area contributed by atoms with E-state index in [0.29, 0.717) is 12.0 Å². The van der Waals surface area contributed by atoms with Crippen LogP contribution in [0.25, 0.3) is 10.9 Å². The normalized spacial score (nSPS) is 15.9. The van der Waals surface area contributed by atoms with Gasteiger partial charge in [-0.15, -0.1) is 0 Å². The first-order valence-corrected chi connectivity index (χ1v) is 12.2. The molecule has 13 heteroatoms. The maximum Gasteiger partial charge on any atom is 0.328 e. The van der Waals surface area contributed by atoms with Gasteiger partial charge in [0.05, 0.1) is 18.6 Å². The summed E-state index contributed by atoms with van der Waals surface area (Å²) < 4.78 is 0. The molecular formula is C25H35N5O8. The molecule has 0 bridgehead atoms. The molecular weight excluding hydrogens is 498 g/mol. The van der Waals surface area contributed by atoms with Gasteiger partial charge in [-0.2, -0.15) is 0 Å². The zero-order valence-electron chi connectivity index (χ0n) is 21.4. The van der Waals surface area contributed by atoms with Crippen molar-refractivity contribution in [3.63, 3.8) is 0 Å². The zero-order valence-corrected chi connectivity index (χ0v) is 21.4. The van der Waals surface area contributed by atoms with Crippen LogP contribution in [0.1, 0.15) is 39.2 Å². The molecule has 6 atom stereocenters. The average Bonchev–Trinajstić information content (AvgIpc) is 3.27. The molecule has 38 heavy (non-hydrogen) atoms. The number of carboxylic acid groups (broad SMARTS) is 2. The van der Waals surface area contributed by atoms with E-state index in [1.54, 1.807) is 37.4 Å². The number of rotatable bonds is 14. The van der Waals surface area contributed by atoms with Crippen molar-refractivity contribution in [3.8, 4) is 0 Å². The maximum absolute atomic E-state index is 13.2. The molecule has 3 amide bonds. The molecule has 0 radical (unpaired) electrons. The first-order chi connectivity index (χ1) is 17.8. The van der Waals surface area contributed by atoms with Crippen molar-refractivity contribution in [1.29, 1.82) is 0 Å². The van der Waals surface area contributed by atoms with Gasteiger partial charge >= 0.3 is 11.9 Å². The Morgan fingerprint density at radius 1 is 0.947 bits per heavy atom. The molecule has 9 N–H and O–H groups in total. The molecule has 13 nitrogen and oxygen atoms in total. The molecule has 0 aliphatic heterocycles. The minimum absolute atomic E-state index is 0.103. The molecule has 208 valence electrons. The number of carboxylic acids is 2. The summed E-state index contributed by atoms with van der Waals surface area (Å²) in [5.74, 6) is -5.72. The fraction of sp³-hybridized carbons (Fsp3) is 0.480. The van der Waals surface area contributed by atoms with Crippen molar-refractivity contribution in [2.24, 2.45) is 11.7 Å². The van der Waals surface area contributed by atoms with Crippen molar-refractivity contribution < 1.29 is 39.3 Å². The largest absolute Gasteiger partial charge is 0.481 e. The number of benzene rings is 1. The van der Waals surface area contributed by atoms with Crippen LogP contribution in [0.2, 0.25) is 0 Å². The fourth-order valence-electron chi connectivity index (χ4n) is 3.81. The minimum Gasteiger partial charge on any atom is -0.481 e. The van der Waals surface area contributed by atoms with Crippen LogP contribution < -0.4 is 21.7 Å². The number of hydrogen-bond donors (Lipinski definition) is 8. The number of fused-ring (bicyclic) bond motifs is 1. The monoisotopic (exact) mass is 533 g/mol. The van der Waals surface area contributed by atoms with Crippen LogP contribution in [0.3, 0.4) is 0 Å². The highest BCUT2D eigenvalue weighted by Gasteiger charge is 2.33. The number of aliphatic carboxylic acids is 2. The number of aromatic nitrogens is 1. The summed E-state index contributed by atoms with van der Waals surface area (Å²) in [6, 6.07) is 1.60. The van der Waals surface area contributed by atoms with Gasteiger partial charge < -0.3 is 42.0 Å². The van der Waals surface area contributed by atoms with E-state index in [-0.39, 0.29) is 12.3 Å². The first kappa shape index (κ1) is 30.3. The lowest BCUT2D eigenvalue weighted by atomic mass is 9.98. The molecule has 0 aliphatic carbocycles. The highest BCUT2D eigenvalue weighted by molar-refractivity contribution is 5.96. The molecule has 1 heterocycles. The van der Waals surface area contributed by atoms with Gasteiger partial charge in [-0.25, -0.2) is 4.79 Å². The number of aromatic amines is 1. The number of nitrogens with one attached hydrogen (secondary N) is 4. The van der Waals surface area contributed by atoms with Gasteiger partial charge in [0.1, 0.15) is 12.1 Å². The van der Waals surface area contributed by atoms with Gasteiger partial charge in [-0.05, 0) is 24.5 Å². The van der Waals surface area contributed by atoms with Crippen molar-refractivity contribution in [3.05, 3.63) is 36.0 Å². The van der Waals surface area contributed by atoms with E-state index in [9.17, 15) is 39.3 Å². The van der Waals surface area contributed by atoms with E-state index in [0.717, 1.165) is 10.9 Å². The SMILES string of the molecule is CCC(C)C(N)C(=O)NC(CC(=O)O)C(=O)NC(Cc1c[nH]c2ccccc12)C(=O)NC(C(=O)O)C(C)O. The number of amides is 3.